The highest BCUT2D eigenvalue weighted by Crippen LogP contribution is 2.39. The molecule has 2 N–H and O–H groups in total. The van der Waals surface area contributed by atoms with Crippen LogP contribution in [0.15, 0.2) is 42.9 Å². The van der Waals surface area contributed by atoms with Crippen LogP contribution in [0.5, 0.6) is 0 Å². The van der Waals surface area contributed by atoms with Crippen molar-refractivity contribution in [1.82, 2.24) is 9.97 Å². The molecule has 1 saturated carbocycles. The number of aryl methyl sites for hydroxylation is 1. The van der Waals surface area contributed by atoms with Gasteiger partial charge in [0.25, 0.3) is 0 Å². The Hall–Kier alpha value is -4.28. The lowest BCUT2D eigenvalue weighted by Crippen LogP contribution is -2.46. The minimum Gasteiger partial charge on any atom is -0.465 e. The lowest BCUT2D eigenvalue weighted by Gasteiger charge is -2.41. The van der Waals surface area contributed by atoms with Crippen LogP contribution in [-0.2, 0) is 10.4 Å². The van der Waals surface area contributed by atoms with E-state index in [9.17, 15) is 25.1 Å². The normalized spacial score (nSPS) is 17.6. The summed E-state index contributed by atoms with van der Waals surface area (Å²) in [5, 5.41) is 36.9. The van der Waals surface area contributed by atoms with E-state index in [1.807, 2.05) is 32.2 Å². The lowest BCUT2D eigenvalue weighted by molar-refractivity contribution is -0.131. The Bertz CT molecular complexity index is 1350. The number of carbonyl (C=O) groups is 2. The van der Waals surface area contributed by atoms with E-state index in [0.29, 0.717) is 37.1 Å². The Morgan fingerprint density at radius 1 is 1.20 bits per heavy atom. The molecule has 0 saturated heterocycles. The van der Waals surface area contributed by atoms with Gasteiger partial charge in [0.1, 0.15) is 11.4 Å². The maximum absolute atomic E-state index is 13.3. The first-order valence-corrected chi connectivity index (χ1v) is 15.5. The van der Waals surface area contributed by atoms with E-state index in [2.05, 4.69) is 47.8 Å². The molecule has 1 heterocycles. The summed E-state index contributed by atoms with van der Waals surface area (Å²) in [6.45, 7) is 15.5. The first kappa shape index (κ1) is 38.7. The van der Waals surface area contributed by atoms with Crippen molar-refractivity contribution in [3.63, 3.8) is 0 Å². The maximum Gasteiger partial charge on any atom is 0.413 e. The van der Waals surface area contributed by atoms with E-state index in [1.54, 1.807) is 26.0 Å². The van der Waals surface area contributed by atoms with Crippen LogP contribution in [0.3, 0.4) is 0 Å². The van der Waals surface area contributed by atoms with E-state index in [1.165, 1.54) is 30.6 Å². The summed E-state index contributed by atoms with van der Waals surface area (Å²) in [4.78, 5) is 37.2. The molecule has 2 aromatic rings. The zero-order valence-corrected chi connectivity index (χ0v) is 28.2. The molecule has 0 aliphatic heterocycles. The van der Waals surface area contributed by atoms with Gasteiger partial charge in [-0.25, -0.2) is 9.78 Å². The first-order valence-electron chi connectivity index (χ1n) is 15.5. The van der Waals surface area contributed by atoms with Crippen molar-refractivity contribution >= 4 is 23.4 Å². The first-order chi connectivity index (χ1) is 21.2. The predicted octanol–water partition coefficient (Wildman–Crippen LogP) is 7.51. The number of ketones is 1. The largest absolute Gasteiger partial charge is 0.465 e. The minimum absolute atomic E-state index is 0.0624. The zero-order valence-electron chi connectivity index (χ0n) is 28.2. The third-order valence-corrected chi connectivity index (χ3v) is 7.31. The summed E-state index contributed by atoms with van der Waals surface area (Å²) in [6.07, 6.45) is 10.3. The number of aromatic nitrogens is 2. The molecule has 0 spiro atoms. The number of carboxylic acid groups (broad SMARTS) is 1. The van der Waals surface area contributed by atoms with Crippen LogP contribution >= 0.6 is 0 Å². The second-order valence-electron chi connectivity index (χ2n) is 12.1. The molecule has 1 aliphatic carbocycles. The fourth-order valence-corrected chi connectivity index (χ4v) is 5.05. The second-order valence-corrected chi connectivity index (χ2v) is 12.1. The van der Waals surface area contributed by atoms with Crippen molar-refractivity contribution in [2.45, 2.75) is 99.5 Å². The molecular formula is C35H50N6O4. The van der Waals surface area contributed by atoms with Crippen molar-refractivity contribution in [2.24, 2.45) is 11.3 Å². The summed E-state index contributed by atoms with van der Waals surface area (Å²) in [5.41, 5.74) is 0.884. The summed E-state index contributed by atoms with van der Waals surface area (Å²) in [7, 11) is 0. The fraction of sp³-hybridized carbons (Fsp3) is 0.543. The maximum atomic E-state index is 13.3. The number of allylic oxidation sites excluding steroid dienone is 1. The van der Waals surface area contributed by atoms with Gasteiger partial charge in [0.05, 0.1) is 35.8 Å². The van der Waals surface area contributed by atoms with Crippen molar-refractivity contribution < 1.29 is 19.8 Å². The quantitative estimate of drug-likeness (QED) is 0.275. The molecule has 244 valence electrons. The highest BCUT2D eigenvalue weighted by atomic mass is 16.4. The number of Topliss-reactive ketones (excluding diaryl/α,β-unsaturated/α-hetero) is 1. The molecule has 10 heteroatoms. The van der Waals surface area contributed by atoms with Gasteiger partial charge in [0, 0.05) is 43.7 Å². The molecule has 1 fully saturated rings. The highest BCUT2D eigenvalue weighted by molar-refractivity contribution is 5.87. The van der Waals surface area contributed by atoms with Crippen LogP contribution in [0.4, 0.5) is 16.3 Å². The topological polar surface area (TPSA) is 154 Å². The van der Waals surface area contributed by atoms with Crippen molar-refractivity contribution in [3.05, 3.63) is 59.7 Å². The number of aliphatic hydroxyl groups is 1. The number of amides is 1. The number of hydrogen-bond donors (Lipinski definition) is 2. The van der Waals surface area contributed by atoms with Crippen LogP contribution in [-0.4, -0.2) is 45.1 Å². The Labute approximate surface area is 269 Å². The van der Waals surface area contributed by atoms with Gasteiger partial charge < -0.3 is 15.1 Å². The molecule has 0 radical (unpaired) electrons. The smallest absolute Gasteiger partial charge is 0.413 e. The molecule has 3 rings (SSSR count). The molecule has 1 aliphatic rings. The zero-order chi connectivity index (χ0) is 34.2. The Balaban J connectivity index is 0.00000156. The number of anilines is 2. The SMILES string of the molecule is CC#N.CCC.CCC/C=C/N(C[C@]1(C)CC(CN(C(=O)O)c2cnc(C(C)(C)O)cn2)CCC1=O)c1cc(C#N)ccc1C. The van der Waals surface area contributed by atoms with Gasteiger partial charge in [0.15, 0.2) is 5.82 Å². The van der Waals surface area contributed by atoms with Crippen LogP contribution in [0.2, 0.25) is 0 Å². The molecule has 1 amide bonds. The standard InChI is InChI=1S/C30H39N5O4.C3H8.C2H3N/c1-6-7-8-13-34(24-14-22(16-31)10-9-21(24)2)20-30(5)15-23(11-12-26(30)36)19-35(28(37)38)27-18-32-25(17-33-27)29(3,4)39;1-3-2;1-2-3/h8-10,13-14,17-18,23,39H,6-7,11-12,15,19-20H2,1-5H3,(H,37,38);3H2,1-2H3;1H3/b13-8+;;/t23?,30-;;/m0../s1. The van der Waals surface area contributed by atoms with E-state index < -0.39 is 17.1 Å². The van der Waals surface area contributed by atoms with Gasteiger partial charge in [-0.15, -0.1) is 0 Å². The molecule has 2 atom stereocenters. The molecule has 0 bridgehead atoms. The van der Waals surface area contributed by atoms with E-state index >= 15 is 0 Å². The Kier molecular flexibility index (Phi) is 15.9. The van der Waals surface area contributed by atoms with Crippen LogP contribution in [0, 0.1) is 40.9 Å². The van der Waals surface area contributed by atoms with Gasteiger partial charge in [0.2, 0.25) is 0 Å². The molecule has 1 unspecified atom stereocenters. The fourth-order valence-electron chi connectivity index (χ4n) is 5.05. The number of benzene rings is 1. The van der Waals surface area contributed by atoms with Gasteiger partial charge in [-0.05, 0) is 63.6 Å². The molecule has 10 nitrogen and oxygen atoms in total. The molecule has 45 heavy (non-hydrogen) atoms. The molecule has 1 aromatic carbocycles. The highest BCUT2D eigenvalue weighted by Gasteiger charge is 2.41. The monoisotopic (exact) mass is 618 g/mol. The second kappa shape index (κ2) is 18.5. The number of rotatable bonds is 10. The third kappa shape index (κ3) is 12.0. The number of nitrogens with zero attached hydrogens (tertiary/aromatic N) is 6. The van der Waals surface area contributed by atoms with Crippen molar-refractivity contribution in [1.29, 1.82) is 10.5 Å². The lowest BCUT2D eigenvalue weighted by atomic mass is 9.69. The molecular weight excluding hydrogens is 568 g/mol. The Morgan fingerprint density at radius 2 is 1.84 bits per heavy atom. The predicted molar refractivity (Wildman–Crippen MR) is 178 cm³/mol. The molecule has 1 aromatic heterocycles. The average molecular weight is 619 g/mol. The van der Waals surface area contributed by atoms with Gasteiger partial charge in [-0.3, -0.25) is 14.7 Å². The van der Waals surface area contributed by atoms with Gasteiger partial charge >= 0.3 is 6.09 Å². The average Bonchev–Trinajstić information content (AvgIpc) is 2.98. The van der Waals surface area contributed by atoms with Crippen LogP contribution < -0.4 is 9.80 Å². The number of nitriles is 2. The number of unbranched alkanes of at least 4 members (excludes halogenated alkanes) is 1. The summed E-state index contributed by atoms with van der Waals surface area (Å²) in [6, 6.07) is 9.50. The third-order valence-electron chi connectivity index (χ3n) is 7.31. The van der Waals surface area contributed by atoms with Crippen LogP contribution in [0.25, 0.3) is 0 Å². The summed E-state index contributed by atoms with van der Waals surface area (Å²) >= 11 is 0. The Morgan fingerprint density at radius 3 is 2.36 bits per heavy atom. The van der Waals surface area contributed by atoms with E-state index in [-0.39, 0.29) is 24.1 Å². The van der Waals surface area contributed by atoms with Crippen molar-refractivity contribution in [3.8, 4) is 12.1 Å². The number of carbonyl (C=O) groups excluding carboxylic acids is 1. The van der Waals surface area contributed by atoms with Crippen LogP contribution in [0.1, 0.15) is 104 Å². The van der Waals surface area contributed by atoms with E-state index in [4.69, 9.17) is 5.26 Å². The van der Waals surface area contributed by atoms with Crippen molar-refractivity contribution in [2.75, 3.05) is 22.9 Å². The summed E-state index contributed by atoms with van der Waals surface area (Å²) in [5.74, 6) is 0.271. The van der Waals surface area contributed by atoms with Gasteiger partial charge in [-0.1, -0.05) is 52.7 Å². The van der Waals surface area contributed by atoms with Gasteiger partial charge in [-0.2, -0.15) is 10.5 Å². The summed E-state index contributed by atoms with van der Waals surface area (Å²) < 4.78 is 0. The van der Waals surface area contributed by atoms with E-state index in [0.717, 1.165) is 24.1 Å². The minimum atomic E-state index is -1.19. The number of hydrogen-bond acceptors (Lipinski definition) is 8.